The number of rotatable bonds is 4. The van der Waals surface area contributed by atoms with E-state index < -0.39 is 0 Å². The molecule has 0 saturated carbocycles. The summed E-state index contributed by atoms with van der Waals surface area (Å²) in [7, 11) is 1.45. The van der Waals surface area contributed by atoms with Crippen LogP contribution in [0.25, 0.3) is 0 Å². The highest BCUT2D eigenvalue weighted by atomic mass is 19.1. The van der Waals surface area contributed by atoms with Crippen molar-refractivity contribution in [2.24, 2.45) is 5.84 Å². The van der Waals surface area contributed by atoms with Crippen LogP contribution in [0.5, 0.6) is 17.4 Å². The van der Waals surface area contributed by atoms with Gasteiger partial charge in [0, 0.05) is 0 Å². The number of hydrogen-bond donors (Lipinski definition) is 2. The number of nitrogens with two attached hydrogens (primary N) is 1. The van der Waals surface area contributed by atoms with Crippen molar-refractivity contribution in [1.82, 2.24) is 9.97 Å². The van der Waals surface area contributed by atoms with Gasteiger partial charge in [0.1, 0.15) is 17.9 Å². The number of halogens is 1. The van der Waals surface area contributed by atoms with E-state index in [4.69, 9.17) is 15.3 Å². The third kappa shape index (κ3) is 2.71. The summed E-state index contributed by atoms with van der Waals surface area (Å²) in [6, 6.07) is 4.19. The van der Waals surface area contributed by atoms with Gasteiger partial charge in [0.15, 0.2) is 5.82 Å². The van der Waals surface area contributed by atoms with Crippen molar-refractivity contribution in [2.45, 2.75) is 6.92 Å². The second kappa shape index (κ2) is 5.49. The highest BCUT2D eigenvalue weighted by Gasteiger charge is 2.14. The Morgan fingerprint density at radius 2 is 2.11 bits per heavy atom. The minimum atomic E-state index is -0.330. The monoisotopic (exact) mass is 264 g/mol. The lowest BCUT2D eigenvalue weighted by Gasteiger charge is -2.12. The van der Waals surface area contributed by atoms with Crippen molar-refractivity contribution < 1.29 is 13.9 Å². The van der Waals surface area contributed by atoms with Crippen LogP contribution in [-0.4, -0.2) is 17.1 Å². The SMILES string of the molecule is COc1c(NN)ncnc1Oc1ccc(F)cc1C. The van der Waals surface area contributed by atoms with Gasteiger partial charge in [-0.25, -0.2) is 15.2 Å². The molecule has 3 N–H and O–H groups in total. The smallest absolute Gasteiger partial charge is 0.268 e. The van der Waals surface area contributed by atoms with Crippen LogP contribution in [0.4, 0.5) is 10.2 Å². The fraction of sp³-hybridized carbons (Fsp3) is 0.167. The van der Waals surface area contributed by atoms with Gasteiger partial charge in [-0.3, -0.25) is 0 Å². The van der Waals surface area contributed by atoms with Crippen molar-refractivity contribution >= 4 is 5.82 Å². The summed E-state index contributed by atoms with van der Waals surface area (Å²) >= 11 is 0. The maximum Gasteiger partial charge on any atom is 0.268 e. The number of nitrogens with one attached hydrogen (secondary N) is 1. The van der Waals surface area contributed by atoms with Gasteiger partial charge >= 0.3 is 0 Å². The van der Waals surface area contributed by atoms with E-state index in [2.05, 4.69) is 15.4 Å². The minimum Gasteiger partial charge on any atom is -0.489 e. The normalized spacial score (nSPS) is 10.1. The number of anilines is 1. The molecular formula is C12H13FN4O2. The van der Waals surface area contributed by atoms with Crippen LogP contribution in [0, 0.1) is 12.7 Å². The van der Waals surface area contributed by atoms with E-state index in [-0.39, 0.29) is 17.4 Å². The third-order valence-electron chi connectivity index (χ3n) is 2.46. The van der Waals surface area contributed by atoms with E-state index in [1.54, 1.807) is 6.92 Å². The van der Waals surface area contributed by atoms with Crippen molar-refractivity contribution in [3.8, 4) is 17.4 Å². The van der Waals surface area contributed by atoms with Crippen molar-refractivity contribution in [1.29, 1.82) is 0 Å². The molecule has 0 aliphatic carbocycles. The molecule has 0 radical (unpaired) electrons. The lowest BCUT2D eigenvalue weighted by Crippen LogP contribution is -2.11. The first-order chi connectivity index (χ1) is 9.15. The second-order valence-corrected chi connectivity index (χ2v) is 3.72. The van der Waals surface area contributed by atoms with Gasteiger partial charge in [0.25, 0.3) is 5.88 Å². The van der Waals surface area contributed by atoms with E-state index in [1.165, 1.54) is 31.6 Å². The van der Waals surface area contributed by atoms with Gasteiger partial charge in [-0.2, -0.15) is 4.98 Å². The Balaban J connectivity index is 2.37. The molecule has 7 heteroatoms. The summed E-state index contributed by atoms with van der Waals surface area (Å²) in [5.41, 5.74) is 3.02. The highest BCUT2D eigenvalue weighted by Crippen LogP contribution is 2.34. The summed E-state index contributed by atoms with van der Waals surface area (Å²) in [5.74, 6) is 6.22. The van der Waals surface area contributed by atoms with Crippen LogP contribution in [0.3, 0.4) is 0 Å². The number of ether oxygens (including phenoxy) is 2. The molecule has 1 heterocycles. The highest BCUT2D eigenvalue weighted by molar-refractivity contribution is 5.55. The zero-order chi connectivity index (χ0) is 13.8. The van der Waals surface area contributed by atoms with Gasteiger partial charge < -0.3 is 14.9 Å². The summed E-state index contributed by atoms with van der Waals surface area (Å²) < 4.78 is 23.7. The summed E-state index contributed by atoms with van der Waals surface area (Å²) in [4.78, 5) is 7.86. The Morgan fingerprint density at radius 1 is 1.32 bits per heavy atom. The van der Waals surface area contributed by atoms with E-state index in [0.717, 1.165) is 0 Å². The largest absolute Gasteiger partial charge is 0.489 e. The fourth-order valence-corrected chi connectivity index (χ4v) is 1.55. The van der Waals surface area contributed by atoms with Crippen LogP contribution in [0.15, 0.2) is 24.5 Å². The van der Waals surface area contributed by atoms with Crippen molar-refractivity contribution in [2.75, 3.05) is 12.5 Å². The molecule has 2 rings (SSSR count). The Morgan fingerprint density at radius 3 is 2.74 bits per heavy atom. The number of nitrogen functional groups attached to an aromatic ring is 1. The standard InChI is InChI=1S/C12H13FN4O2/c1-7-5-8(13)3-4-9(7)19-12-10(18-2)11(17-14)15-6-16-12/h3-6H,14H2,1-2H3,(H,15,16,17). The first-order valence-corrected chi connectivity index (χ1v) is 5.45. The van der Waals surface area contributed by atoms with Gasteiger partial charge in [0.2, 0.25) is 5.75 Å². The van der Waals surface area contributed by atoms with Crippen LogP contribution in [0.2, 0.25) is 0 Å². The number of nitrogens with zero attached hydrogens (tertiary/aromatic N) is 2. The molecule has 2 aromatic rings. The average molecular weight is 264 g/mol. The first-order valence-electron chi connectivity index (χ1n) is 5.45. The second-order valence-electron chi connectivity index (χ2n) is 3.72. The zero-order valence-electron chi connectivity index (χ0n) is 10.5. The first kappa shape index (κ1) is 13.0. The molecule has 0 saturated heterocycles. The van der Waals surface area contributed by atoms with Crippen molar-refractivity contribution in [3.05, 3.63) is 35.9 Å². The molecule has 0 aliphatic rings. The predicted octanol–water partition coefficient (Wildman–Crippen LogP) is 2.01. The van der Waals surface area contributed by atoms with Gasteiger partial charge in [-0.05, 0) is 30.7 Å². The quantitative estimate of drug-likeness (QED) is 0.649. The Kier molecular flexibility index (Phi) is 3.76. The number of aromatic nitrogens is 2. The molecule has 100 valence electrons. The molecule has 0 atom stereocenters. The fourth-order valence-electron chi connectivity index (χ4n) is 1.55. The van der Waals surface area contributed by atoms with Gasteiger partial charge in [-0.1, -0.05) is 0 Å². The van der Waals surface area contributed by atoms with Crippen LogP contribution in [-0.2, 0) is 0 Å². The lowest BCUT2D eigenvalue weighted by atomic mass is 10.2. The van der Waals surface area contributed by atoms with Crippen LogP contribution < -0.4 is 20.7 Å². The molecule has 19 heavy (non-hydrogen) atoms. The lowest BCUT2D eigenvalue weighted by molar-refractivity contribution is 0.368. The van der Waals surface area contributed by atoms with E-state index in [9.17, 15) is 4.39 Å². The molecule has 0 unspecified atom stereocenters. The Hall–Kier alpha value is -2.41. The van der Waals surface area contributed by atoms with E-state index in [1.807, 2.05) is 0 Å². The molecule has 6 nitrogen and oxygen atoms in total. The molecule has 0 aliphatic heterocycles. The summed E-state index contributed by atoms with van der Waals surface area (Å²) in [6.45, 7) is 1.73. The minimum absolute atomic E-state index is 0.195. The summed E-state index contributed by atoms with van der Waals surface area (Å²) in [5, 5.41) is 0. The maximum atomic E-state index is 13.0. The number of hydrazine groups is 1. The summed E-state index contributed by atoms with van der Waals surface area (Å²) in [6.07, 6.45) is 1.28. The van der Waals surface area contributed by atoms with Gasteiger partial charge in [0.05, 0.1) is 7.11 Å². The third-order valence-corrected chi connectivity index (χ3v) is 2.46. The van der Waals surface area contributed by atoms with Gasteiger partial charge in [-0.15, -0.1) is 0 Å². The van der Waals surface area contributed by atoms with E-state index in [0.29, 0.717) is 17.1 Å². The number of benzene rings is 1. The molecular weight excluding hydrogens is 251 g/mol. The molecule has 0 amide bonds. The average Bonchev–Trinajstić information content (AvgIpc) is 2.41. The van der Waals surface area contributed by atoms with Crippen molar-refractivity contribution in [3.63, 3.8) is 0 Å². The predicted molar refractivity (Wildman–Crippen MR) is 67.6 cm³/mol. The Bertz CT molecular complexity index is 592. The molecule has 0 spiro atoms. The number of aryl methyl sites for hydroxylation is 1. The topological polar surface area (TPSA) is 82.3 Å². The Labute approximate surface area is 109 Å². The van der Waals surface area contributed by atoms with Crippen LogP contribution >= 0.6 is 0 Å². The molecule has 0 fully saturated rings. The molecule has 1 aromatic heterocycles. The van der Waals surface area contributed by atoms with E-state index >= 15 is 0 Å². The zero-order valence-corrected chi connectivity index (χ0v) is 10.5. The number of hydrogen-bond acceptors (Lipinski definition) is 6. The maximum absolute atomic E-state index is 13.0. The number of methoxy groups -OCH3 is 1. The van der Waals surface area contributed by atoms with Crippen LogP contribution in [0.1, 0.15) is 5.56 Å². The molecule has 1 aromatic carbocycles. The molecule has 0 bridgehead atoms.